The number of carbonyl (C=O) groups is 1. The summed E-state index contributed by atoms with van der Waals surface area (Å²) >= 11 is 5.91. The fraction of sp³-hybridized carbons (Fsp3) is 0.500. The Bertz CT molecular complexity index is 654. The topological polar surface area (TPSA) is 92.5 Å². The summed E-state index contributed by atoms with van der Waals surface area (Å²) in [7, 11) is -2.03. The van der Waals surface area contributed by atoms with Crippen LogP contribution in [-0.4, -0.2) is 43.8 Å². The molecule has 1 aliphatic heterocycles. The van der Waals surface area contributed by atoms with Gasteiger partial charge in [-0.2, -0.15) is 4.31 Å². The standard InChI is InChI=1S/C12H17N3O3S3/c1-14-12(16)8-3-2-6-15(7-8)21(17,18)10-5-4-9(20-10)11(13)19/h4-5,8H,2-3,6-7H2,1H3,(H2,13,19)(H,14,16). The first-order chi connectivity index (χ1) is 9.86. The Morgan fingerprint density at radius 3 is 2.81 bits per heavy atom. The average molecular weight is 347 g/mol. The number of hydrogen-bond donors (Lipinski definition) is 2. The zero-order valence-corrected chi connectivity index (χ0v) is 14.0. The SMILES string of the molecule is CNC(=O)C1CCCN(S(=O)(=O)c2ccc(C(N)=S)s2)C1. The summed E-state index contributed by atoms with van der Waals surface area (Å²) < 4.78 is 26.8. The molecule has 9 heteroatoms. The maximum Gasteiger partial charge on any atom is 0.252 e. The van der Waals surface area contributed by atoms with Crippen molar-refractivity contribution in [2.45, 2.75) is 17.1 Å². The van der Waals surface area contributed by atoms with Crippen molar-refractivity contribution < 1.29 is 13.2 Å². The quantitative estimate of drug-likeness (QED) is 0.775. The second-order valence-corrected chi connectivity index (χ2v) is 8.49. The molecule has 21 heavy (non-hydrogen) atoms. The van der Waals surface area contributed by atoms with Gasteiger partial charge in [-0.3, -0.25) is 4.79 Å². The highest BCUT2D eigenvalue weighted by Crippen LogP contribution is 2.28. The second-order valence-electron chi connectivity index (χ2n) is 4.80. The summed E-state index contributed by atoms with van der Waals surface area (Å²) in [6.07, 6.45) is 1.37. The number of nitrogens with zero attached hydrogens (tertiary/aromatic N) is 1. The number of rotatable bonds is 4. The Hall–Kier alpha value is -1.03. The molecule has 6 nitrogen and oxygen atoms in total. The van der Waals surface area contributed by atoms with Gasteiger partial charge in [0.25, 0.3) is 10.0 Å². The van der Waals surface area contributed by atoms with Crippen LogP contribution in [0.3, 0.4) is 0 Å². The van der Waals surface area contributed by atoms with Crippen LogP contribution in [0.25, 0.3) is 0 Å². The van der Waals surface area contributed by atoms with E-state index in [2.05, 4.69) is 5.32 Å². The molecule has 1 saturated heterocycles. The molecule has 0 aliphatic carbocycles. The zero-order valence-electron chi connectivity index (χ0n) is 11.5. The second kappa shape index (κ2) is 6.39. The van der Waals surface area contributed by atoms with Crippen LogP contribution < -0.4 is 11.1 Å². The van der Waals surface area contributed by atoms with Crippen LogP contribution in [-0.2, 0) is 14.8 Å². The van der Waals surface area contributed by atoms with E-state index in [0.717, 1.165) is 11.3 Å². The lowest BCUT2D eigenvalue weighted by atomic mass is 9.99. The molecule has 2 heterocycles. The van der Waals surface area contributed by atoms with Crippen LogP contribution in [0.1, 0.15) is 17.7 Å². The minimum atomic E-state index is -3.59. The van der Waals surface area contributed by atoms with Gasteiger partial charge < -0.3 is 11.1 Å². The van der Waals surface area contributed by atoms with Crippen molar-refractivity contribution >= 4 is 44.5 Å². The van der Waals surface area contributed by atoms with Crippen molar-refractivity contribution in [2.24, 2.45) is 11.7 Å². The Morgan fingerprint density at radius 2 is 2.24 bits per heavy atom. The van der Waals surface area contributed by atoms with E-state index in [-0.39, 0.29) is 27.6 Å². The van der Waals surface area contributed by atoms with Gasteiger partial charge in [0.05, 0.1) is 10.8 Å². The normalized spacial score (nSPS) is 20.1. The number of sulfonamides is 1. The van der Waals surface area contributed by atoms with Gasteiger partial charge in [-0.25, -0.2) is 8.42 Å². The summed E-state index contributed by atoms with van der Waals surface area (Å²) in [6.45, 7) is 0.637. The van der Waals surface area contributed by atoms with Gasteiger partial charge >= 0.3 is 0 Å². The molecule has 1 atom stereocenters. The lowest BCUT2D eigenvalue weighted by Gasteiger charge is -2.30. The number of piperidine rings is 1. The van der Waals surface area contributed by atoms with Crippen molar-refractivity contribution in [3.63, 3.8) is 0 Å². The van der Waals surface area contributed by atoms with Crippen LogP contribution in [0.2, 0.25) is 0 Å². The number of nitrogens with one attached hydrogen (secondary N) is 1. The first kappa shape index (κ1) is 16.3. The van der Waals surface area contributed by atoms with Crippen LogP contribution in [0.15, 0.2) is 16.3 Å². The number of amides is 1. The van der Waals surface area contributed by atoms with Crippen LogP contribution in [0.4, 0.5) is 0 Å². The Kier molecular flexibility index (Phi) is 4.97. The summed E-state index contributed by atoms with van der Waals surface area (Å²) in [6, 6.07) is 3.12. The molecule has 0 spiro atoms. The Morgan fingerprint density at radius 1 is 1.52 bits per heavy atom. The smallest absolute Gasteiger partial charge is 0.252 e. The molecule has 3 N–H and O–H groups in total. The third-order valence-electron chi connectivity index (χ3n) is 3.42. The lowest BCUT2D eigenvalue weighted by molar-refractivity contribution is -0.125. The predicted octanol–water partition coefficient (Wildman–Crippen LogP) is 0.529. The predicted molar refractivity (Wildman–Crippen MR) is 85.8 cm³/mol. The molecular formula is C12H17N3O3S3. The van der Waals surface area contributed by atoms with Crippen molar-refractivity contribution in [3.05, 3.63) is 17.0 Å². The number of thiocarbonyl (C=S) groups is 1. The van der Waals surface area contributed by atoms with Crippen molar-refractivity contribution in [3.8, 4) is 0 Å². The summed E-state index contributed by atoms with van der Waals surface area (Å²) in [5, 5.41) is 2.57. The van der Waals surface area contributed by atoms with Gasteiger partial charge in [0, 0.05) is 20.1 Å². The summed E-state index contributed by atoms with van der Waals surface area (Å²) in [5.41, 5.74) is 5.51. The Balaban J connectivity index is 2.22. The van der Waals surface area contributed by atoms with Gasteiger partial charge in [-0.15, -0.1) is 11.3 Å². The lowest BCUT2D eigenvalue weighted by Crippen LogP contribution is -2.44. The van der Waals surface area contributed by atoms with E-state index in [1.165, 1.54) is 10.4 Å². The van der Waals surface area contributed by atoms with Crippen molar-refractivity contribution in [2.75, 3.05) is 20.1 Å². The molecule has 2 rings (SSSR count). The molecule has 1 aromatic heterocycles. The number of hydrogen-bond acceptors (Lipinski definition) is 5. The molecule has 1 aromatic rings. The van der Waals surface area contributed by atoms with E-state index >= 15 is 0 Å². The van der Waals surface area contributed by atoms with Crippen LogP contribution in [0, 0.1) is 5.92 Å². The van der Waals surface area contributed by atoms with E-state index in [9.17, 15) is 13.2 Å². The van der Waals surface area contributed by atoms with Gasteiger partial charge in [0.2, 0.25) is 5.91 Å². The first-order valence-corrected chi connectivity index (χ1v) is 9.14. The number of nitrogens with two attached hydrogens (primary N) is 1. The average Bonchev–Trinajstić information content (AvgIpc) is 2.97. The molecule has 1 aliphatic rings. The largest absolute Gasteiger partial charge is 0.389 e. The highest BCUT2D eigenvalue weighted by atomic mass is 32.2. The fourth-order valence-corrected chi connectivity index (χ4v) is 5.33. The third-order valence-corrected chi connectivity index (χ3v) is 7.22. The van der Waals surface area contributed by atoms with Crippen molar-refractivity contribution in [1.82, 2.24) is 9.62 Å². The monoisotopic (exact) mass is 347 g/mol. The zero-order chi connectivity index (χ0) is 15.6. The van der Waals surface area contributed by atoms with Gasteiger partial charge in [0.15, 0.2) is 0 Å². The van der Waals surface area contributed by atoms with Gasteiger partial charge in [-0.05, 0) is 25.0 Å². The molecule has 1 fully saturated rings. The van der Waals surface area contributed by atoms with E-state index in [1.807, 2.05) is 0 Å². The van der Waals surface area contributed by atoms with E-state index < -0.39 is 10.0 Å². The third kappa shape index (κ3) is 3.42. The van der Waals surface area contributed by atoms with E-state index in [1.54, 1.807) is 13.1 Å². The summed E-state index contributed by atoms with van der Waals surface area (Å²) in [5.74, 6) is -0.418. The van der Waals surface area contributed by atoms with Crippen LogP contribution in [0.5, 0.6) is 0 Å². The highest BCUT2D eigenvalue weighted by molar-refractivity contribution is 7.91. The van der Waals surface area contributed by atoms with E-state index in [4.69, 9.17) is 18.0 Å². The molecule has 0 bridgehead atoms. The summed E-state index contributed by atoms with van der Waals surface area (Å²) in [4.78, 5) is 12.5. The molecule has 1 unspecified atom stereocenters. The molecule has 1 amide bonds. The number of carbonyl (C=O) groups excluding carboxylic acids is 1. The highest BCUT2D eigenvalue weighted by Gasteiger charge is 2.33. The number of thiophene rings is 1. The minimum Gasteiger partial charge on any atom is -0.389 e. The Labute approximate surface area is 133 Å². The molecule has 0 radical (unpaired) electrons. The van der Waals surface area contributed by atoms with E-state index in [0.29, 0.717) is 24.3 Å². The first-order valence-electron chi connectivity index (χ1n) is 6.47. The molecular weight excluding hydrogens is 330 g/mol. The van der Waals surface area contributed by atoms with Gasteiger partial charge in [0.1, 0.15) is 9.20 Å². The molecule has 116 valence electrons. The maximum absolute atomic E-state index is 12.6. The maximum atomic E-state index is 12.6. The molecule has 0 saturated carbocycles. The van der Waals surface area contributed by atoms with Crippen LogP contribution >= 0.6 is 23.6 Å². The molecule has 0 aromatic carbocycles. The van der Waals surface area contributed by atoms with Gasteiger partial charge in [-0.1, -0.05) is 12.2 Å². The minimum absolute atomic E-state index is 0.120. The fourth-order valence-electron chi connectivity index (χ4n) is 2.30. The van der Waals surface area contributed by atoms with Crippen molar-refractivity contribution in [1.29, 1.82) is 0 Å².